The average molecular weight is 339 g/mol. The van der Waals surface area contributed by atoms with E-state index < -0.39 is 0 Å². The molecule has 0 aliphatic rings. The summed E-state index contributed by atoms with van der Waals surface area (Å²) in [7, 11) is 0. The van der Waals surface area contributed by atoms with Crippen LogP contribution in [0, 0.1) is 13.8 Å². The molecule has 102 valence electrons. The zero-order valence-corrected chi connectivity index (χ0v) is 13.9. The molecule has 0 aliphatic carbocycles. The molecular formula is C15H19BrN2S. The Bertz CT molecular complexity index is 551. The number of halogens is 1. The van der Waals surface area contributed by atoms with Gasteiger partial charge in [-0.15, -0.1) is 11.3 Å². The Morgan fingerprint density at radius 2 is 2.16 bits per heavy atom. The fraction of sp³-hybridized carbons (Fsp3) is 0.400. The van der Waals surface area contributed by atoms with E-state index in [1.165, 1.54) is 11.1 Å². The first-order chi connectivity index (χ1) is 9.11. The van der Waals surface area contributed by atoms with Gasteiger partial charge in [-0.2, -0.15) is 0 Å². The standard InChI is InChI=1S/C15H19BrN2S/c1-4-7-17-14(15-18-11(3)9-19-15)12-5-6-13(16)10(2)8-12/h5-6,8-9,14,17H,4,7H2,1-3H3. The highest BCUT2D eigenvalue weighted by molar-refractivity contribution is 9.10. The van der Waals surface area contributed by atoms with Crippen LogP contribution in [0.3, 0.4) is 0 Å². The van der Waals surface area contributed by atoms with E-state index in [4.69, 9.17) is 0 Å². The van der Waals surface area contributed by atoms with E-state index in [1.807, 2.05) is 6.92 Å². The number of nitrogens with zero attached hydrogens (tertiary/aromatic N) is 1. The first-order valence-electron chi connectivity index (χ1n) is 6.53. The van der Waals surface area contributed by atoms with Gasteiger partial charge in [0.25, 0.3) is 0 Å². The Kier molecular flexibility index (Phi) is 5.13. The minimum atomic E-state index is 0.199. The molecule has 2 aromatic rings. The van der Waals surface area contributed by atoms with Crippen molar-refractivity contribution in [2.45, 2.75) is 33.2 Å². The molecule has 2 nitrogen and oxygen atoms in total. The van der Waals surface area contributed by atoms with E-state index in [-0.39, 0.29) is 6.04 Å². The third-order valence-corrected chi connectivity index (χ3v) is 4.91. The van der Waals surface area contributed by atoms with Crippen molar-refractivity contribution in [2.24, 2.45) is 0 Å². The van der Waals surface area contributed by atoms with Crippen LogP contribution in [0.5, 0.6) is 0 Å². The number of nitrogens with one attached hydrogen (secondary N) is 1. The monoisotopic (exact) mass is 338 g/mol. The van der Waals surface area contributed by atoms with Crippen molar-refractivity contribution in [2.75, 3.05) is 6.54 Å². The van der Waals surface area contributed by atoms with E-state index in [0.717, 1.165) is 28.1 Å². The minimum absolute atomic E-state index is 0.199. The van der Waals surface area contributed by atoms with Gasteiger partial charge in [0, 0.05) is 15.5 Å². The zero-order valence-electron chi connectivity index (χ0n) is 11.5. The van der Waals surface area contributed by atoms with Crippen LogP contribution in [0.15, 0.2) is 28.1 Å². The van der Waals surface area contributed by atoms with E-state index >= 15 is 0 Å². The molecule has 0 aliphatic heterocycles. The van der Waals surface area contributed by atoms with Crippen LogP contribution in [0.2, 0.25) is 0 Å². The van der Waals surface area contributed by atoms with Crippen molar-refractivity contribution in [1.29, 1.82) is 0 Å². The summed E-state index contributed by atoms with van der Waals surface area (Å²) in [6.07, 6.45) is 1.12. The van der Waals surface area contributed by atoms with Crippen LogP contribution in [-0.4, -0.2) is 11.5 Å². The zero-order chi connectivity index (χ0) is 13.8. The molecule has 0 saturated heterocycles. The van der Waals surface area contributed by atoms with Crippen molar-refractivity contribution in [1.82, 2.24) is 10.3 Å². The lowest BCUT2D eigenvalue weighted by atomic mass is 10.0. The Hall–Kier alpha value is -0.710. The molecule has 1 atom stereocenters. The van der Waals surface area contributed by atoms with E-state index in [0.29, 0.717) is 0 Å². The molecular weight excluding hydrogens is 320 g/mol. The quantitative estimate of drug-likeness (QED) is 0.860. The summed E-state index contributed by atoms with van der Waals surface area (Å²) in [5, 5.41) is 6.85. The van der Waals surface area contributed by atoms with Gasteiger partial charge in [0.1, 0.15) is 5.01 Å². The maximum Gasteiger partial charge on any atom is 0.114 e. The second kappa shape index (κ2) is 6.64. The van der Waals surface area contributed by atoms with Crippen LogP contribution >= 0.6 is 27.3 Å². The summed E-state index contributed by atoms with van der Waals surface area (Å²) in [4.78, 5) is 4.64. The summed E-state index contributed by atoms with van der Waals surface area (Å²) in [6, 6.07) is 6.71. The van der Waals surface area contributed by atoms with Crippen LogP contribution in [0.4, 0.5) is 0 Å². The van der Waals surface area contributed by atoms with Crippen molar-refractivity contribution in [3.63, 3.8) is 0 Å². The second-order valence-corrected chi connectivity index (χ2v) is 6.47. The summed E-state index contributed by atoms with van der Waals surface area (Å²) in [6.45, 7) is 7.35. The highest BCUT2D eigenvalue weighted by Gasteiger charge is 2.17. The van der Waals surface area contributed by atoms with Gasteiger partial charge in [0.15, 0.2) is 0 Å². The fourth-order valence-corrected chi connectivity index (χ4v) is 3.13. The molecule has 0 amide bonds. The van der Waals surface area contributed by atoms with Gasteiger partial charge in [-0.1, -0.05) is 35.0 Å². The first kappa shape index (κ1) is 14.7. The SMILES string of the molecule is CCCNC(c1ccc(Br)c(C)c1)c1nc(C)cs1. The molecule has 1 aromatic carbocycles. The van der Waals surface area contributed by atoms with Crippen molar-refractivity contribution >= 4 is 27.3 Å². The lowest BCUT2D eigenvalue weighted by molar-refractivity contribution is 0.595. The third-order valence-electron chi connectivity index (χ3n) is 3.00. The number of aryl methyl sites for hydroxylation is 2. The van der Waals surface area contributed by atoms with Crippen molar-refractivity contribution < 1.29 is 0 Å². The van der Waals surface area contributed by atoms with Gasteiger partial charge in [-0.3, -0.25) is 0 Å². The molecule has 0 fully saturated rings. The Balaban J connectivity index is 2.33. The molecule has 0 radical (unpaired) electrons. The molecule has 0 bridgehead atoms. The Morgan fingerprint density at radius 1 is 1.37 bits per heavy atom. The molecule has 1 unspecified atom stereocenters. The molecule has 4 heteroatoms. The number of hydrogen-bond acceptors (Lipinski definition) is 3. The van der Waals surface area contributed by atoms with Crippen LogP contribution in [-0.2, 0) is 0 Å². The van der Waals surface area contributed by atoms with Gasteiger partial charge < -0.3 is 5.32 Å². The summed E-state index contributed by atoms with van der Waals surface area (Å²) >= 11 is 5.29. The molecule has 0 saturated carbocycles. The lowest BCUT2D eigenvalue weighted by Gasteiger charge is -2.17. The fourth-order valence-electron chi connectivity index (χ4n) is 1.99. The van der Waals surface area contributed by atoms with E-state index in [1.54, 1.807) is 11.3 Å². The molecule has 1 heterocycles. The normalized spacial score (nSPS) is 12.6. The van der Waals surface area contributed by atoms with Crippen LogP contribution in [0.25, 0.3) is 0 Å². The maximum absolute atomic E-state index is 4.64. The van der Waals surface area contributed by atoms with Gasteiger partial charge in [0.05, 0.1) is 6.04 Å². The van der Waals surface area contributed by atoms with Crippen LogP contribution < -0.4 is 5.32 Å². The van der Waals surface area contributed by atoms with Crippen molar-refractivity contribution in [3.8, 4) is 0 Å². The number of thiazole rings is 1. The maximum atomic E-state index is 4.64. The minimum Gasteiger partial charge on any atom is -0.304 e. The third kappa shape index (κ3) is 3.65. The Labute approximate surface area is 127 Å². The number of hydrogen-bond donors (Lipinski definition) is 1. The van der Waals surface area contributed by atoms with Gasteiger partial charge in [0.2, 0.25) is 0 Å². The summed E-state index contributed by atoms with van der Waals surface area (Å²) in [5.74, 6) is 0. The predicted molar refractivity (Wildman–Crippen MR) is 85.9 cm³/mol. The first-order valence-corrected chi connectivity index (χ1v) is 8.20. The molecule has 1 N–H and O–H groups in total. The van der Waals surface area contributed by atoms with Crippen molar-refractivity contribution in [3.05, 3.63) is 49.9 Å². The molecule has 19 heavy (non-hydrogen) atoms. The van der Waals surface area contributed by atoms with Crippen LogP contribution in [0.1, 0.15) is 41.2 Å². The molecule has 1 aromatic heterocycles. The predicted octanol–water partition coefficient (Wildman–Crippen LogP) is 4.61. The summed E-state index contributed by atoms with van der Waals surface area (Å²) in [5.41, 5.74) is 3.63. The van der Waals surface area contributed by atoms with Gasteiger partial charge in [-0.25, -0.2) is 4.98 Å². The number of benzene rings is 1. The second-order valence-electron chi connectivity index (χ2n) is 4.72. The number of rotatable bonds is 5. The highest BCUT2D eigenvalue weighted by atomic mass is 79.9. The highest BCUT2D eigenvalue weighted by Crippen LogP contribution is 2.28. The smallest absolute Gasteiger partial charge is 0.114 e. The topological polar surface area (TPSA) is 24.9 Å². The van der Waals surface area contributed by atoms with E-state index in [2.05, 4.69) is 63.7 Å². The van der Waals surface area contributed by atoms with E-state index in [9.17, 15) is 0 Å². The lowest BCUT2D eigenvalue weighted by Crippen LogP contribution is -2.23. The largest absolute Gasteiger partial charge is 0.304 e. The Morgan fingerprint density at radius 3 is 2.74 bits per heavy atom. The van der Waals surface area contributed by atoms with Gasteiger partial charge in [-0.05, 0) is 44.0 Å². The molecule has 0 spiro atoms. The molecule has 2 rings (SSSR count). The van der Waals surface area contributed by atoms with Gasteiger partial charge >= 0.3 is 0 Å². The summed E-state index contributed by atoms with van der Waals surface area (Å²) < 4.78 is 1.15. The average Bonchev–Trinajstić information content (AvgIpc) is 2.80. The number of aromatic nitrogens is 1.